The van der Waals surface area contributed by atoms with Crippen LogP contribution in [-0.4, -0.2) is 36.6 Å². The lowest BCUT2D eigenvalue weighted by atomic mass is 9.96. The van der Waals surface area contributed by atoms with Crippen molar-refractivity contribution in [2.45, 2.75) is 20.3 Å². The van der Waals surface area contributed by atoms with Gasteiger partial charge in [-0.1, -0.05) is 20.3 Å². The first kappa shape index (κ1) is 19.9. The maximum atomic E-state index is 13.0. The summed E-state index contributed by atoms with van der Waals surface area (Å²) in [7, 11) is 1.83. The number of nitrogens with one attached hydrogen (secondary N) is 1. The number of hydrogen-bond acceptors (Lipinski definition) is 5. The number of fused-ring (bicyclic) bond motifs is 10. The van der Waals surface area contributed by atoms with E-state index in [0.717, 1.165) is 10.9 Å². The number of amides is 2. The van der Waals surface area contributed by atoms with Crippen LogP contribution in [0.1, 0.15) is 41.0 Å². The Morgan fingerprint density at radius 3 is 2.19 bits per heavy atom. The number of aromatic hydroxyl groups is 2. The molecule has 3 aromatic carbocycles. The molecule has 1 aliphatic rings. The van der Waals surface area contributed by atoms with Crippen LogP contribution in [0.25, 0.3) is 43.6 Å². The monoisotopic (exact) mass is 430 g/mol. The third kappa shape index (κ3) is 2.41. The Kier molecular flexibility index (Phi) is 4.18. The molecule has 5 aromatic rings. The second kappa shape index (κ2) is 6.73. The molecule has 6 rings (SSSR count). The number of hydrazine groups is 1. The van der Waals surface area contributed by atoms with Crippen LogP contribution in [0.3, 0.4) is 0 Å². The summed E-state index contributed by atoms with van der Waals surface area (Å²) < 4.78 is 1.87. The van der Waals surface area contributed by atoms with Crippen LogP contribution in [0.4, 0.5) is 0 Å². The van der Waals surface area contributed by atoms with Gasteiger partial charge in [0.15, 0.2) is 0 Å². The number of rotatable bonds is 0. The van der Waals surface area contributed by atoms with Gasteiger partial charge >= 0.3 is 0 Å². The minimum Gasteiger partial charge on any atom is -0.508 e. The van der Waals surface area contributed by atoms with Gasteiger partial charge in [0, 0.05) is 40.2 Å². The maximum absolute atomic E-state index is 13.0. The lowest BCUT2D eigenvalue weighted by Gasteiger charge is -2.04. The normalized spacial score (nSPS) is 13.4. The second-order valence-corrected chi connectivity index (χ2v) is 8.03. The molecule has 3 heterocycles. The van der Waals surface area contributed by atoms with E-state index in [2.05, 4.69) is 18.8 Å². The van der Waals surface area contributed by atoms with E-state index in [1.807, 2.05) is 11.6 Å². The van der Waals surface area contributed by atoms with Crippen LogP contribution in [0, 0.1) is 0 Å². The van der Waals surface area contributed by atoms with E-state index >= 15 is 0 Å². The zero-order chi connectivity index (χ0) is 22.9. The molecule has 5 N–H and O–H groups in total. The molecule has 8 nitrogen and oxygen atoms in total. The minimum atomic E-state index is -0.586. The third-order valence-electron chi connectivity index (χ3n) is 5.82. The number of phenolic OH excluding ortho intramolecular Hbond substituents is 2. The number of nitrogens with two attached hydrogens (primary N) is 1. The molecule has 0 radical (unpaired) electrons. The summed E-state index contributed by atoms with van der Waals surface area (Å²) in [6.45, 7) is 4.25. The number of aromatic amines is 1. The lowest BCUT2D eigenvalue weighted by Crippen LogP contribution is -2.36. The fraction of sp³-hybridized carbons (Fsp3) is 0.167. The van der Waals surface area contributed by atoms with Crippen molar-refractivity contribution in [3.63, 3.8) is 0 Å². The van der Waals surface area contributed by atoms with Crippen molar-refractivity contribution in [3.8, 4) is 11.5 Å². The lowest BCUT2D eigenvalue weighted by molar-refractivity contribution is 0.0655. The molecule has 0 saturated carbocycles. The Morgan fingerprint density at radius 2 is 1.50 bits per heavy atom. The number of hydrogen-bond donors (Lipinski definition) is 4. The number of aromatic nitrogens is 2. The highest BCUT2D eigenvalue weighted by Crippen LogP contribution is 2.45. The SMILES string of the molecule is CCC.Cn1c2cc(O)ccc2c2c3c(c4c5cc(O)ccc5[nH]c4c21)C(=O)N(N)C3=O. The summed E-state index contributed by atoms with van der Waals surface area (Å²) in [4.78, 5) is 29.2. The topological polar surface area (TPSA) is 125 Å². The molecule has 162 valence electrons. The van der Waals surface area contributed by atoms with Crippen LogP contribution in [0.2, 0.25) is 0 Å². The van der Waals surface area contributed by atoms with E-state index in [-0.39, 0.29) is 22.6 Å². The standard InChI is InChI=1S/C21H14N4O4.C3H8/c1-24-13-7-9(27)2-4-10(13)15-17-16(20(28)25(22)21(17)29)14-11-6-8(26)3-5-12(11)23-18(14)19(15)24;1-3-2/h2-7,23,26-27H,22H2,1H3;3H2,1-2H3. The van der Waals surface area contributed by atoms with E-state index in [4.69, 9.17) is 5.84 Å². The van der Waals surface area contributed by atoms with Crippen molar-refractivity contribution in [1.82, 2.24) is 14.6 Å². The predicted molar refractivity (Wildman–Crippen MR) is 124 cm³/mol. The number of benzene rings is 3. The fourth-order valence-electron chi connectivity index (χ4n) is 4.60. The first-order chi connectivity index (χ1) is 15.3. The smallest absolute Gasteiger partial charge is 0.276 e. The summed E-state index contributed by atoms with van der Waals surface area (Å²) in [5, 5.41) is 23.1. The van der Waals surface area contributed by atoms with Crippen LogP contribution in [0.15, 0.2) is 36.4 Å². The summed E-state index contributed by atoms with van der Waals surface area (Å²) in [6, 6.07) is 9.72. The molecule has 0 unspecified atom stereocenters. The summed E-state index contributed by atoms with van der Waals surface area (Å²) in [5.41, 5.74) is 3.27. The van der Waals surface area contributed by atoms with Crippen LogP contribution in [0.5, 0.6) is 11.5 Å². The zero-order valence-electron chi connectivity index (χ0n) is 17.9. The van der Waals surface area contributed by atoms with Crippen molar-refractivity contribution in [2.24, 2.45) is 12.9 Å². The molecule has 8 heteroatoms. The Labute approximate surface area is 182 Å². The van der Waals surface area contributed by atoms with Gasteiger partial charge in [0.2, 0.25) is 0 Å². The first-order valence-corrected chi connectivity index (χ1v) is 10.3. The zero-order valence-corrected chi connectivity index (χ0v) is 17.9. The van der Waals surface area contributed by atoms with Crippen molar-refractivity contribution in [1.29, 1.82) is 0 Å². The number of imide groups is 1. The molecule has 1 aliphatic heterocycles. The number of H-pyrrole nitrogens is 1. The number of nitrogens with zero attached hydrogens (tertiary/aromatic N) is 2. The van der Waals surface area contributed by atoms with Crippen LogP contribution >= 0.6 is 0 Å². The molecular weight excluding hydrogens is 408 g/mol. The highest BCUT2D eigenvalue weighted by Gasteiger charge is 2.40. The van der Waals surface area contributed by atoms with E-state index in [0.29, 0.717) is 37.7 Å². The van der Waals surface area contributed by atoms with Crippen molar-refractivity contribution < 1.29 is 19.8 Å². The van der Waals surface area contributed by atoms with Gasteiger partial charge in [-0.15, -0.1) is 0 Å². The van der Waals surface area contributed by atoms with Crippen molar-refractivity contribution >= 4 is 55.4 Å². The van der Waals surface area contributed by atoms with Gasteiger partial charge in [0.1, 0.15) is 11.5 Å². The van der Waals surface area contributed by atoms with E-state index in [1.165, 1.54) is 6.42 Å². The van der Waals surface area contributed by atoms with Gasteiger partial charge in [-0.25, -0.2) is 10.9 Å². The van der Waals surface area contributed by atoms with Gasteiger partial charge in [-0.05, 0) is 30.3 Å². The molecule has 32 heavy (non-hydrogen) atoms. The van der Waals surface area contributed by atoms with Crippen molar-refractivity contribution in [3.05, 3.63) is 47.5 Å². The summed E-state index contributed by atoms with van der Waals surface area (Å²) >= 11 is 0. The highest BCUT2D eigenvalue weighted by atomic mass is 16.3. The third-order valence-corrected chi connectivity index (χ3v) is 5.82. The Bertz CT molecular complexity index is 1610. The van der Waals surface area contributed by atoms with Gasteiger partial charge in [-0.2, -0.15) is 0 Å². The quantitative estimate of drug-likeness (QED) is 0.166. The maximum Gasteiger partial charge on any atom is 0.276 e. The van der Waals surface area contributed by atoms with Gasteiger partial charge < -0.3 is 19.8 Å². The summed E-state index contributed by atoms with van der Waals surface area (Å²) in [6.07, 6.45) is 1.25. The number of phenols is 2. The fourth-order valence-corrected chi connectivity index (χ4v) is 4.60. The molecule has 0 aliphatic carbocycles. The van der Waals surface area contributed by atoms with E-state index in [9.17, 15) is 19.8 Å². The molecule has 2 aromatic heterocycles. The number of carbonyl (C=O) groups excluding carboxylic acids is 2. The van der Waals surface area contributed by atoms with Gasteiger partial charge in [0.05, 0.1) is 27.7 Å². The van der Waals surface area contributed by atoms with E-state index < -0.39 is 11.8 Å². The average Bonchev–Trinajstić information content (AvgIpc) is 3.34. The number of aryl methyl sites for hydroxylation is 1. The average molecular weight is 430 g/mol. The number of carbonyl (C=O) groups is 2. The Balaban J connectivity index is 0.000000684. The van der Waals surface area contributed by atoms with Crippen LogP contribution < -0.4 is 5.84 Å². The molecule has 0 spiro atoms. The van der Waals surface area contributed by atoms with Crippen LogP contribution in [-0.2, 0) is 7.05 Å². The molecule has 0 atom stereocenters. The highest BCUT2D eigenvalue weighted by molar-refractivity contribution is 6.39. The Hall–Kier alpha value is -4.04. The minimum absolute atomic E-state index is 0.0515. The molecule has 0 fully saturated rings. The van der Waals surface area contributed by atoms with E-state index in [1.54, 1.807) is 36.4 Å². The second-order valence-electron chi connectivity index (χ2n) is 8.03. The van der Waals surface area contributed by atoms with Crippen molar-refractivity contribution in [2.75, 3.05) is 0 Å². The molecule has 0 saturated heterocycles. The molecule has 2 amide bonds. The largest absolute Gasteiger partial charge is 0.508 e. The first-order valence-electron chi connectivity index (χ1n) is 10.3. The molecular formula is C24H22N4O4. The van der Waals surface area contributed by atoms with Gasteiger partial charge in [-0.3, -0.25) is 9.59 Å². The predicted octanol–water partition coefficient (Wildman–Crippen LogP) is 4.26. The molecule has 0 bridgehead atoms. The van der Waals surface area contributed by atoms with Gasteiger partial charge in [0.25, 0.3) is 11.8 Å². The Morgan fingerprint density at radius 1 is 0.906 bits per heavy atom. The summed E-state index contributed by atoms with van der Waals surface area (Å²) in [5.74, 6) is 4.79.